The Hall–Kier alpha value is -3.14. The molecule has 0 bridgehead atoms. The van der Waals surface area contributed by atoms with Gasteiger partial charge in [-0.1, -0.05) is 0 Å². The van der Waals surface area contributed by atoms with Crippen molar-refractivity contribution >= 4 is 11.5 Å². The molecule has 0 amide bonds. The molecule has 0 aliphatic rings. The number of nitrogens with zero attached hydrogens (tertiary/aromatic N) is 4. The third-order valence-corrected chi connectivity index (χ3v) is 3.35. The summed E-state index contributed by atoms with van der Waals surface area (Å²) in [6.07, 6.45) is 3.45. The van der Waals surface area contributed by atoms with Crippen LogP contribution in [0.1, 0.15) is 18.5 Å². The Morgan fingerprint density at radius 1 is 1.39 bits per heavy atom. The van der Waals surface area contributed by atoms with Gasteiger partial charge in [-0.05, 0) is 31.2 Å². The molecular weight excluding hydrogens is 297 g/mol. The summed E-state index contributed by atoms with van der Waals surface area (Å²) in [7, 11) is 0. The Bertz CT molecular complexity index is 870. The Morgan fingerprint density at radius 2 is 2.26 bits per heavy atom. The minimum atomic E-state index is -0.364. The van der Waals surface area contributed by atoms with Crippen molar-refractivity contribution in [3.8, 4) is 11.8 Å². The molecule has 1 atom stereocenters. The van der Waals surface area contributed by atoms with Crippen molar-refractivity contribution in [3.63, 3.8) is 0 Å². The Balaban J connectivity index is 1.85. The van der Waals surface area contributed by atoms with Gasteiger partial charge in [-0.15, -0.1) is 0 Å². The first kappa shape index (κ1) is 14.8. The standard InChI is InChI=1S/C16H14FN5O/c1-11(13-10-12(17)2-3-14(13)23-9-6-18)20-15-5-8-22-16(21-15)4-7-19-22/h2-5,7-8,10-11H,9H2,1H3,(H,20,21). The number of halogens is 1. The normalized spacial score (nSPS) is 11.9. The first-order chi connectivity index (χ1) is 11.2. The van der Waals surface area contributed by atoms with Crippen molar-refractivity contribution < 1.29 is 9.13 Å². The van der Waals surface area contributed by atoms with Crippen molar-refractivity contribution in [1.29, 1.82) is 5.26 Å². The largest absolute Gasteiger partial charge is 0.478 e. The van der Waals surface area contributed by atoms with E-state index in [1.807, 2.05) is 13.0 Å². The van der Waals surface area contributed by atoms with Gasteiger partial charge in [0.25, 0.3) is 0 Å². The zero-order valence-electron chi connectivity index (χ0n) is 12.4. The lowest BCUT2D eigenvalue weighted by Gasteiger charge is -2.18. The van der Waals surface area contributed by atoms with E-state index in [0.717, 1.165) is 0 Å². The van der Waals surface area contributed by atoms with Gasteiger partial charge in [0, 0.05) is 17.8 Å². The summed E-state index contributed by atoms with van der Waals surface area (Å²) in [5, 5.41) is 15.9. The highest BCUT2D eigenvalue weighted by Gasteiger charge is 2.14. The van der Waals surface area contributed by atoms with Gasteiger partial charge >= 0.3 is 0 Å². The van der Waals surface area contributed by atoms with E-state index in [4.69, 9.17) is 10.00 Å². The van der Waals surface area contributed by atoms with E-state index in [9.17, 15) is 4.39 Å². The third-order valence-electron chi connectivity index (χ3n) is 3.35. The van der Waals surface area contributed by atoms with E-state index in [1.165, 1.54) is 18.2 Å². The number of hydrogen-bond donors (Lipinski definition) is 1. The van der Waals surface area contributed by atoms with Crippen LogP contribution in [0.25, 0.3) is 5.65 Å². The van der Waals surface area contributed by atoms with Crippen LogP contribution in [0.4, 0.5) is 10.2 Å². The van der Waals surface area contributed by atoms with Crippen LogP contribution in [0, 0.1) is 17.1 Å². The number of aromatic nitrogens is 3. The lowest BCUT2D eigenvalue weighted by atomic mass is 10.1. The molecule has 0 aliphatic heterocycles. The molecule has 1 N–H and O–H groups in total. The number of benzene rings is 1. The molecule has 2 heterocycles. The maximum Gasteiger partial charge on any atom is 0.174 e. The maximum absolute atomic E-state index is 13.6. The van der Waals surface area contributed by atoms with Crippen LogP contribution in [0.15, 0.2) is 42.7 Å². The molecule has 0 saturated carbocycles. The number of ether oxygens (including phenoxy) is 1. The van der Waals surface area contributed by atoms with Crippen molar-refractivity contribution in [1.82, 2.24) is 14.6 Å². The van der Waals surface area contributed by atoms with E-state index in [0.29, 0.717) is 22.8 Å². The Labute approximate surface area is 132 Å². The number of anilines is 1. The average Bonchev–Trinajstić information content (AvgIpc) is 3.01. The van der Waals surface area contributed by atoms with E-state index in [-0.39, 0.29) is 18.5 Å². The zero-order chi connectivity index (χ0) is 16.2. The lowest BCUT2D eigenvalue weighted by Crippen LogP contribution is -2.11. The first-order valence-electron chi connectivity index (χ1n) is 7.03. The predicted molar refractivity (Wildman–Crippen MR) is 82.5 cm³/mol. The zero-order valence-corrected chi connectivity index (χ0v) is 12.4. The molecule has 2 aromatic heterocycles. The van der Waals surface area contributed by atoms with Gasteiger partial charge in [-0.3, -0.25) is 0 Å². The SMILES string of the molecule is CC(Nc1ccn2nccc2n1)c1cc(F)ccc1OCC#N. The van der Waals surface area contributed by atoms with Crippen LogP contribution in [-0.2, 0) is 0 Å². The molecule has 1 unspecified atom stereocenters. The molecule has 116 valence electrons. The second-order valence-corrected chi connectivity index (χ2v) is 4.94. The summed E-state index contributed by atoms with van der Waals surface area (Å²) in [6, 6.07) is 9.44. The molecule has 3 rings (SSSR count). The number of fused-ring (bicyclic) bond motifs is 1. The van der Waals surface area contributed by atoms with Crippen molar-refractivity contribution in [2.45, 2.75) is 13.0 Å². The van der Waals surface area contributed by atoms with E-state index in [2.05, 4.69) is 15.4 Å². The summed E-state index contributed by atoms with van der Waals surface area (Å²) < 4.78 is 20.6. The van der Waals surface area contributed by atoms with Crippen molar-refractivity contribution in [2.24, 2.45) is 0 Å². The maximum atomic E-state index is 13.6. The summed E-state index contributed by atoms with van der Waals surface area (Å²) in [5.41, 5.74) is 1.33. The molecule has 0 saturated heterocycles. The Morgan fingerprint density at radius 3 is 3.09 bits per heavy atom. The number of rotatable bonds is 5. The summed E-state index contributed by atoms with van der Waals surface area (Å²) >= 11 is 0. The fourth-order valence-corrected chi connectivity index (χ4v) is 2.29. The highest BCUT2D eigenvalue weighted by molar-refractivity contribution is 5.48. The van der Waals surface area contributed by atoms with Crippen LogP contribution >= 0.6 is 0 Å². The van der Waals surface area contributed by atoms with Crippen LogP contribution in [0.5, 0.6) is 5.75 Å². The molecular formula is C16H14FN5O. The fraction of sp³-hybridized carbons (Fsp3) is 0.188. The molecule has 23 heavy (non-hydrogen) atoms. The van der Waals surface area contributed by atoms with Crippen LogP contribution in [0.2, 0.25) is 0 Å². The monoisotopic (exact) mass is 311 g/mol. The van der Waals surface area contributed by atoms with Gasteiger partial charge < -0.3 is 10.1 Å². The van der Waals surface area contributed by atoms with Crippen molar-refractivity contribution in [3.05, 3.63) is 54.1 Å². The number of hydrogen-bond acceptors (Lipinski definition) is 5. The van der Waals surface area contributed by atoms with Gasteiger partial charge in [0.05, 0.1) is 12.2 Å². The van der Waals surface area contributed by atoms with E-state index < -0.39 is 0 Å². The average molecular weight is 311 g/mol. The molecule has 1 aromatic carbocycles. The van der Waals surface area contributed by atoms with Gasteiger partial charge in [-0.25, -0.2) is 13.9 Å². The molecule has 0 aliphatic carbocycles. The van der Waals surface area contributed by atoms with Crippen LogP contribution in [0.3, 0.4) is 0 Å². The molecule has 7 heteroatoms. The molecule has 0 radical (unpaired) electrons. The highest BCUT2D eigenvalue weighted by Crippen LogP contribution is 2.28. The van der Waals surface area contributed by atoms with Gasteiger partial charge in [-0.2, -0.15) is 10.4 Å². The number of nitrogens with one attached hydrogen (secondary N) is 1. The van der Waals surface area contributed by atoms with Gasteiger partial charge in [0.15, 0.2) is 12.3 Å². The Kier molecular flexibility index (Phi) is 4.06. The second-order valence-electron chi connectivity index (χ2n) is 4.94. The second kappa shape index (κ2) is 6.32. The minimum absolute atomic E-state index is 0.0919. The predicted octanol–water partition coefficient (Wildman–Crippen LogP) is 2.94. The van der Waals surface area contributed by atoms with Gasteiger partial charge in [0.1, 0.15) is 23.5 Å². The lowest BCUT2D eigenvalue weighted by molar-refractivity contribution is 0.361. The third kappa shape index (κ3) is 3.21. The summed E-state index contributed by atoms with van der Waals surface area (Å²) in [4.78, 5) is 4.42. The number of nitriles is 1. The van der Waals surface area contributed by atoms with Crippen LogP contribution in [-0.4, -0.2) is 21.2 Å². The molecule has 3 aromatic rings. The van der Waals surface area contributed by atoms with E-state index in [1.54, 1.807) is 29.0 Å². The van der Waals surface area contributed by atoms with Crippen molar-refractivity contribution in [2.75, 3.05) is 11.9 Å². The first-order valence-corrected chi connectivity index (χ1v) is 7.03. The minimum Gasteiger partial charge on any atom is -0.478 e. The van der Waals surface area contributed by atoms with Gasteiger partial charge in [0.2, 0.25) is 0 Å². The fourth-order valence-electron chi connectivity index (χ4n) is 2.29. The smallest absolute Gasteiger partial charge is 0.174 e. The quantitative estimate of drug-likeness (QED) is 0.784. The summed E-state index contributed by atoms with van der Waals surface area (Å²) in [6.45, 7) is 1.78. The highest BCUT2D eigenvalue weighted by atomic mass is 19.1. The molecule has 0 fully saturated rings. The van der Waals surface area contributed by atoms with Crippen LogP contribution < -0.4 is 10.1 Å². The molecule has 6 nitrogen and oxygen atoms in total. The topological polar surface area (TPSA) is 75.2 Å². The summed E-state index contributed by atoms with van der Waals surface area (Å²) in [5.74, 6) is 0.747. The molecule has 0 spiro atoms. The van der Waals surface area contributed by atoms with E-state index >= 15 is 0 Å².